The van der Waals surface area contributed by atoms with Gasteiger partial charge in [0.1, 0.15) is 0 Å². The number of hydrogen-bond acceptors (Lipinski definition) is 4. The lowest BCUT2D eigenvalue weighted by atomic mass is 9.81. The zero-order chi connectivity index (χ0) is 16.8. The van der Waals surface area contributed by atoms with E-state index in [4.69, 9.17) is 20.9 Å². The van der Waals surface area contributed by atoms with Crippen LogP contribution in [-0.4, -0.2) is 62.5 Å². The Morgan fingerprint density at radius 2 is 2.17 bits per heavy atom. The molecule has 1 fully saturated rings. The van der Waals surface area contributed by atoms with Gasteiger partial charge in [0.2, 0.25) is 0 Å². The van der Waals surface area contributed by atoms with E-state index in [0.29, 0.717) is 31.3 Å². The molecule has 1 saturated heterocycles. The number of methoxy groups -OCH3 is 1. The third-order valence-electron chi connectivity index (χ3n) is 4.92. The lowest BCUT2D eigenvalue weighted by Gasteiger charge is -2.43. The summed E-state index contributed by atoms with van der Waals surface area (Å²) in [7, 11) is 1.71. The predicted octanol–water partition coefficient (Wildman–Crippen LogP) is 1.11. The molecule has 0 aromatic heterocycles. The summed E-state index contributed by atoms with van der Waals surface area (Å²) in [5, 5.41) is 0. The maximum Gasteiger partial charge on any atom is 0.186 e. The normalized spacial score (nSPS) is 32.4. The molecular formula is C17H32N4O2. The number of likely N-dealkylation sites (tertiary alicyclic amines) is 1. The average Bonchev–Trinajstić information content (AvgIpc) is 2.50. The van der Waals surface area contributed by atoms with E-state index in [1.807, 2.05) is 0 Å². The lowest BCUT2D eigenvalue weighted by Crippen LogP contribution is -2.51. The third kappa shape index (κ3) is 5.19. The van der Waals surface area contributed by atoms with Gasteiger partial charge in [0.15, 0.2) is 5.96 Å². The fraction of sp³-hybridized carbons (Fsp3) is 0.824. The van der Waals surface area contributed by atoms with Gasteiger partial charge in [-0.2, -0.15) is 0 Å². The van der Waals surface area contributed by atoms with E-state index in [9.17, 15) is 0 Å². The smallest absolute Gasteiger partial charge is 0.186 e. The molecule has 23 heavy (non-hydrogen) atoms. The summed E-state index contributed by atoms with van der Waals surface area (Å²) in [5.74, 6) is 0.591. The minimum atomic E-state index is 0.171. The number of ether oxygens (including phenoxy) is 2. The van der Waals surface area contributed by atoms with E-state index in [-0.39, 0.29) is 12.0 Å². The van der Waals surface area contributed by atoms with Crippen LogP contribution in [0.5, 0.6) is 0 Å². The summed E-state index contributed by atoms with van der Waals surface area (Å²) in [5.41, 5.74) is 12.6. The fourth-order valence-electron chi connectivity index (χ4n) is 3.72. The van der Waals surface area contributed by atoms with Crippen molar-refractivity contribution in [3.8, 4) is 0 Å². The van der Waals surface area contributed by atoms with Crippen LogP contribution in [0.2, 0.25) is 0 Å². The Hall–Kier alpha value is -1.11. The summed E-state index contributed by atoms with van der Waals surface area (Å²) < 4.78 is 11.0. The zero-order valence-electron chi connectivity index (χ0n) is 14.7. The zero-order valence-corrected chi connectivity index (χ0v) is 14.7. The van der Waals surface area contributed by atoms with Crippen molar-refractivity contribution in [3.05, 3.63) is 11.6 Å². The minimum Gasteiger partial charge on any atom is -0.382 e. The van der Waals surface area contributed by atoms with E-state index in [0.717, 1.165) is 25.9 Å². The first-order chi connectivity index (χ1) is 11.0. The Morgan fingerprint density at radius 3 is 2.87 bits per heavy atom. The molecule has 2 rings (SSSR count). The number of rotatable bonds is 6. The molecule has 4 N–H and O–H groups in total. The number of piperidine rings is 1. The molecule has 2 aliphatic rings. The van der Waals surface area contributed by atoms with Crippen molar-refractivity contribution in [2.75, 3.05) is 33.4 Å². The number of nitrogens with zero attached hydrogens (tertiary/aromatic N) is 2. The van der Waals surface area contributed by atoms with Gasteiger partial charge in [0, 0.05) is 19.7 Å². The standard InChI is InChI=1S/C17H32N4O2/c1-12-9-15(20-17(18)19)13(2)16(10-12)21-6-4-5-14(11-21)23-8-7-22-3/h10,13-16H,4-9,11H2,1-3H3,(H4,18,19,20)/t13-,14-,15+,16-/m1/s1. The molecule has 0 unspecified atom stereocenters. The molecule has 6 heteroatoms. The Balaban J connectivity index is 2.00. The number of guanidine groups is 1. The highest BCUT2D eigenvalue weighted by molar-refractivity contribution is 5.75. The van der Waals surface area contributed by atoms with Crippen molar-refractivity contribution in [1.29, 1.82) is 0 Å². The third-order valence-corrected chi connectivity index (χ3v) is 4.92. The maximum absolute atomic E-state index is 5.94. The second-order valence-corrected chi connectivity index (χ2v) is 6.81. The van der Waals surface area contributed by atoms with Crippen LogP contribution in [0.15, 0.2) is 16.6 Å². The van der Waals surface area contributed by atoms with E-state index in [2.05, 4.69) is 29.8 Å². The van der Waals surface area contributed by atoms with Gasteiger partial charge in [0.25, 0.3) is 0 Å². The summed E-state index contributed by atoms with van der Waals surface area (Å²) in [6.45, 7) is 7.82. The molecular weight excluding hydrogens is 292 g/mol. The topological polar surface area (TPSA) is 86.1 Å². The SMILES string of the molecule is COCCO[C@@H]1CCCN([C@@H]2C=C(C)C[C@H](N=C(N)N)[C@H]2C)C1. The minimum absolute atomic E-state index is 0.171. The molecule has 0 spiro atoms. The summed E-state index contributed by atoms with van der Waals surface area (Å²) in [6.07, 6.45) is 5.92. The van der Waals surface area contributed by atoms with Crippen LogP contribution in [0.25, 0.3) is 0 Å². The van der Waals surface area contributed by atoms with Crippen LogP contribution in [0, 0.1) is 5.92 Å². The first kappa shape index (κ1) is 18.2. The molecule has 0 aromatic rings. The summed E-state index contributed by atoms with van der Waals surface area (Å²) >= 11 is 0. The Morgan fingerprint density at radius 1 is 1.39 bits per heavy atom. The summed E-state index contributed by atoms with van der Waals surface area (Å²) in [4.78, 5) is 6.98. The largest absolute Gasteiger partial charge is 0.382 e. The Bertz CT molecular complexity index is 434. The monoisotopic (exact) mass is 324 g/mol. The van der Waals surface area contributed by atoms with Gasteiger partial charge in [-0.05, 0) is 38.6 Å². The molecule has 6 nitrogen and oxygen atoms in total. The molecule has 4 atom stereocenters. The van der Waals surface area contributed by atoms with Crippen LogP contribution in [0.1, 0.15) is 33.1 Å². The maximum atomic E-state index is 5.94. The van der Waals surface area contributed by atoms with Crippen molar-refractivity contribution in [3.63, 3.8) is 0 Å². The van der Waals surface area contributed by atoms with E-state index < -0.39 is 0 Å². The first-order valence-electron chi connectivity index (χ1n) is 8.62. The van der Waals surface area contributed by atoms with Gasteiger partial charge in [-0.25, -0.2) is 4.99 Å². The first-order valence-corrected chi connectivity index (χ1v) is 8.62. The van der Waals surface area contributed by atoms with E-state index in [1.54, 1.807) is 7.11 Å². The van der Waals surface area contributed by atoms with Crippen LogP contribution in [0.3, 0.4) is 0 Å². The van der Waals surface area contributed by atoms with Gasteiger partial charge in [-0.3, -0.25) is 4.90 Å². The van der Waals surface area contributed by atoms with Crippen LogP contribution < -0.4 is 11.5 Å². The number of hydrogen-bond donors (Lipinski definition) is 2. The Kier molecular flexibility index (Phi) is 6.87. The molecule has 0 radical (unpaired) electrons. The molecule has 0 saturated carbocycles. The van der Waals surface area contributed by atoms with Crippen LogP contribution in [-0.2, 0) is 9.47 Å². The molecule has 0 bridgehead atoms. The van der Waals surface area contributed by atoms with Crippen LogP contribution >= 0.6 is 0 Å². The molecule has 1 aliphatic heterocycles. The van der Waals surface area contributed by atoms with Gasteiger partial charge in [-0.1, -0.05) is 18.6 Å². The molecule has 0 amide bonds. The number of nitrogens with two attached hydrogens (primary N) is 2. The second kappa shape index (κ2) is 8.66. The highest BCUT2D eigenvalue weighted by Gasteiger charge is 2.35. The second-order valence-electron chi connectivity index (χ2n) is 6.81. The van der Waals surface area contributed by atoms with E-state index in [1.165, 1.54) is 12.0 Å². The van der Waals surface area contributed by atoms with Crippen molar-refractivity contribution in [2.45, 2.75) is 51.3 Å². The fourth-order valence-corrected chi connectivity index (χ4v) is 3.72. The van der Waals surface area contributed by atoms with Gasteiger partial charge in [-0.15, -0.1) is 0 Å². The van der Waals surface area contributed by atoms with Crippen molar-refractivity contribution in [2.24, 2.45) is 22.4 Å². The predicted molar refractivity (Wildman–Crippen MR) is 93.3 cm³/mol. The Labute approximate surface area is 139 Å². The van der Waals surface area contributed by atoms with Crippen LogP contribution in [0.4, 0.5) is 0 Å². The quantitative estimate of drug-likeness (QED) is 0.331. The highest BCUT2D eigenvalue weighted by Crippen LogP contribution is 2.31. The molecule has 132 valence electrons. The van der Waals surface area contributed by atoms with Crippen molar-refractivity contribution >= 4 is 5.96 Å². The molecule has 0 aromatic carbocycles. The highest BCUT2D eigenvalue weighted by atomic mass is 16.5. The van der Waals surface area contributed by atoms with Gasteiger partial charge in [0.05, 0.1) is 25.4 Å². The number of aliphatic imine (C=N–C) groups is 1. The molecule has 1 heterocycles. The van der Waals surface area contributed by atoms with E-state index >= 15 is 0 Å². The van der Waals surface area contributed by atoms with Crippen molar-refractivity contribution in [1.82, 2.24) is 4.90 Å². The van der Waals surface area contributed by atoms with Gasteiger partial charge >= 0.3 is 0 Å². The summed E-state index contributed by atoms with van der Waals surface area (Å²) in [6, 6.07) is 0.551. The van der Waals surface area contributed by atoms with Crippen molar-refractivity contribution < 1.29 is 9.47 Å². The average molecular weight is 324 g/mol. The lowest BCUT2D eigenvalue weighted by molar-refractivity contribution is -0.0316. The molecule has 1 aliphatic carbocycles. The van der Waals surface area contributed by atoms with Gasteiger partial charge < -0.3 is 20.9 Å².